The molecule has 0 spiro atoms. The van der Waals surface area contributed by atoms with Crippen molar-refractivity contribution in [1.29, 1.82) is 0 Å². The van der Waals surface area contributed by atoms with E-state index in [4.69, 9.17) is 0 Å². The van der Waals surface area contributed by atoms with Crippen molar-refractivity contribution in [2.75, 3.05) is 0 Å². The van der Waals surface area contributed by atoms with Gasteiger partial charge in [-0.3, -0.25) is 14.2 Å². The Morgan fingerprint density at radius 3 is 2.17 bits per heavy atom. The van der Waals surface area contributed by atoms with E-state index in [2.05, 4.69) is 20.8 Å². The molecule has 0 aliphatic heterocycles. The molecule has 0 N–H and O–H groups in total. The first-order valence-electron chi connectivity index (χ1n) is 10.0. The Bertz CT molecular complexity index is 1020. The Kier molecular flexibility index (Phi) is 5.35. The van der Waals surface area contributed by atoms with Crippen molar-refractivity contribution in [2.24, 2.45) is 5.92 Å². The van der Waals surface area contributed by atoms with Crippen molar-refractivity contribution in [2.45, 2.75) is 77.8 Å². The lowest BCUT2D eigenvalue weighted by molar-refractivity contribution is 0.0655. The second kappa shape index (κ2) is 7.22. The van der Waals surface area contributed by atoms with E-state index in [1.165, 1.54) is 6.20 Å². The van der Waals surface area contributed by atoms with Gasteiger partial charge in [0.1, 0.15) is 0 Å². The highest BCUT2D eigenvalue weighted by molar-refractivity contribution is 5.31. The average molecular weight is 405 g/mol. The molecule has 1 saturated carbocycles. The standard InChI is InChI=1S/C23H30F2N2O2/c1-22(2,3)15-7-8-19(28)26(12-15)11-14-9-17(14)18-10-16(23(4,5)6)13-27(20(18)29)21(24)25/h7-8,10,12-14,17,21H,9,11H2,1-6H3. The zero-order valence-corrected chi connectivity index (χ0v) is 18.0. The van der Waals surface area contributed by atoms with Gasteiger partial charge < -0.3 is 4.57 Å². The van der Waals surface area contributed by atoms with Crippen LogP contribution in [0.4, 0.5) is 8.78 Å². The van der Waals surface area contributed by atoms with Gasteiger partial charge in [0, 0.05) is 30.6 Å². The zero-order valence-electron chi connectivity index (χ0n) is 18.0. The van der Waals surface area contributed by atoms with E-state index in [0.717, 1.165) is 12.0 Å². The van der Waals surface area contributed by atoms with Crippen LogP contribution < -0.4 is 11.1 Å². The summed E-state index contributed by atoms with van der Waals surface area (Å²) in [6.45, 7) is 9.69. The van der Waals surface area contributed by atoms with Crippen LogP contribution in [-0.4, -0.2) is 9.13 Å². The largest absolute Gasteiger partial charge is 0.321 e. The summed E-state index contributed by atoms with van der Waals surface area (Å²) in [6.07, 6.45) is 3.87. The highest BCUT2D eigenvalue weighted by Gasteiger charge is 2.41. The fourth-order valence-corrected chi connectivity index (χ4v) is 3.65. The lowest BCUT2D eigenvalue weighted by atomic mass is 9.87. The molecule has 2 aromatic heterocycles. The second-order valence-electron chi connectivity index (χ2n) is 10.2. The van der Waals surface area contributed by atoms with Gasteiger partial charge in [0.25, 0.3) is 11.1 Å². The number of halogens is 2. The Morgan fingerprint density at radius 2 is 1.62 bits per heavy atom. The Labute approximate surface area is 170 Å². The highest BCUT2D eigenvalue weighted by atomic mass is 19.3. The third-order valence-electron chi connectivity index (χ3n) is 5.75. The van der Waals surface area contributed by atoms with E-state index in [1.54, 1.807) is 16.7 Å². The molecule has 2 heterocycles. The summed E-state index contributed by atoms with van der Waals surface area (Å²) in [5, 5.41) is 0. The highest BCUT2D eigenvalue weighted by Crippen LogP contribution is 2.47. The van der Waals surface area contributed by atoms with Crippen molar-refractivity contribution in [3.63, 3.8) is 0 Å². The maximum absolute atomic E-state index is 13.4. The average Bonchev–Trinajstić information content (AvgIpc) is 3.33. The first-order chi connectivity index (χ1) is 13.3. The monoisotopic (exact) mass is 404 g/mol. The zero-order chi connectivity index (χ0) is 21.7. The van der Waals surface area contributed by atoms with E-state index < -0.39 is 12.1 Å². The van der Waals surface area contributed by atoms with Crippen molar-refractivity contribution in [3.8, 4) is 0 Å². The lowest BCUT2D eigenvalue weighted by Gasteiger charge is -2.22. The van der Waals surface area contributed by atoms with Gasteiger partial charge in [-0.2, -0.15) is 8.78 Å². The number of pyridine rings is 2. The minimum absolute atomic E-state index is 0.0789. The quantitative estimate of drug-likeness (QED) is 0.734. The smallest absolute Gasteiger partial charge is 0.315 e. The van der Waals surface area contributed by atoms with Crippen LogP contribution >= 0.6 is 0 Å². The minimum Gasteiger partial charge on any atom is -0.315 e. The van der Waals surface area contributed by atoms with Crippen molar-refractivity contribution < 1.29 is 8.78 Å². The number of nitrogens with zero attached hydrogens (tertiary/aromatic N) is 2. The van der Waals surface area contributed by atoms with E-state index in [1.807, 2.05) is 33.0 Å². The number of hydrogen-bond acceptors (Lipinski definition) is 2. The fraction of sp³-hybridized carbons (Fsp3) is 0.565. The van der Waals surface area contributed by atoms with Crippen LogP contribution in [0.1, 0.15) is 77.1 Å². The van der Waals surface area contributed by atoms with Gasteiger partial charge in [0.15, 0.2) is 0 Å². The lowest BCUT2D eigenvalue weighted by Crippen LogP contribution is -2.27. The number of aromatic nitrogens is 2. The molecule has 0 amide bonds. The summed E-state index contributed by atoms with van der Waals surface area (Å²) >= 11 is 0. The van der Waals surface area contributed by atoms with Crippen LogP contribution in [-0.2, 0) is 17.4 Å². The third kappa shape index (κ3) is 4.51. The topological polar surface area (TPSA) is 44.0 Å². The molecular formula is C23H30F2N2O2. The summed E-state index contributed by atoms with van der Waals surface area (Å²) in [5.74, 6) is -0.00282. The summed E-state index contributed by atoms with van der Waals surface area (Å²) in [6, 6.07) is 5.19. The van der Waals surface area contributed by atoms with Gasteiger partial charge in [0.2, 0.25) is 0 Å². The molecule has 29 heavy (non-hydrogen) atoms. The molecule has 1 aliphatic carbocycles. The number of alkyl halides is 2. The molecule has 0 saturated heterocycles. The SMILES string of the molecule is CC(C)(C)c1ccc(=O)n(CC2CC2c2cc(C(C)(C)C)cn(C(F)F)c2=O)c1. The first-order valence-corrected chi connectivity index (χ1v) is 10.0. The fourth-order valence-electron chi connectivity index (χ4n) is 3.65. The first kappa shape index (κ1) is 21.5. The number of rotatable bonds is 4. The van der Waals surface area contributed by atoms with Crippen LogP contribution in [0, 0.1) is 5.92 Å². The van der Waals surface area contributed by atoms with Crippen LogP contribution in [0.25, 0.3) is 0 Å². The van der Waals surface area contributed by atoms with E-state index in [0.29, 0.717) is 22.2 Å². The molecule has 4 nitrogen and oxygen atoms in total. The Hall–Kier alpha value is -2.24. The minimum atomic E-state index is -2.87. The maximum Gasteiger partial charge on any atom is 0.321 e. The summed E-state index contributed by atoms with van der Waals surface area (Å²) < 4.78 is 29.1. The van der Waals surface area contributed by atoms with Crippen LogP contribution in [0.5, 0.6) is 0 Å². The molecular weight excluding hydrogens is 374 g/mol. The van der Waals surface area contributed by atoms with E-state index in [9.17, 15) is 18.4 Å². The van der Waals surface area contributed by atoms with Gasteiger partial charge in [-0.05, 0) is 46.3 Å². The maximum atomic E-state index is 13.4. The van der Waals surface area contributed by atoms with Crippen LogP contribution in [0.15, 0.2) is 40.2 Å². The normalized spacial score (nSPS) is 19.6. The molecule has 158 valence electrons. The molecule has 0 radical (unpaired) electrons. The van der Waals surface area contributed by atoms with Gasteiger partial charge in [-0.25, -0.2) is 0 Å². The Morgan fingerprint density at radius 1 is 1.00 bits per heavy atom. The van der Waals surface area contributed by atoms with Gasteiger partial charge >= 0.3 is 6.55 Å². The molecule has 1 fully saturated rings. The number of hydrogen-bond donors (Lipinski definition) is 0. The molecule has 0 aromatic carbocycles. The molecule has 2 aromatic rings. The van der Waals surface area contributed by atoms with Crippen LogP contribution in [0.3, 0.4) is 0 Å². The molecule has 2 atom stereocenters. The summed E-state index contributed by atoms with van der Waals surface area (Å²) in [5.41, 5.74) is 1.07. The molecule has 0 bridgehead atoms. The molecule has 2 unspecified atom stereocenters. The van der Waals surface area contributed by atoms with E-state index in [-0.39, 0.29) is 28.2 Å². The third-order valence-corrected chi connectivity index (χ3v) is 5.75. The van der Waals surface area contributed by atoms with Crippen LogP contribution in [0.2, 0.25) is 0 Å². The Balaban J connectivity index is 1.92. The van der Waals surface area contributed by atoms with Gasteiger partial charge in [-0.1, -0.05) is 47.6 Å². The summed E-state index contributed by atoms with van der Waals surface area (Å²) in [7, 11) is 0. The molecule has 1 aliphatic rings. The second-order valence-corrected chi connectivity index (χ2v) is 10.2. The van der Waals surface area contributed by atoms with Crippen molar-refractivity contribution >= 4 is 0 Å². The molecule has 3 rings (SSSR count). The predicted molar refractivity (Wildman–Crippen MR) is 111 cm³/mol. The van der Waals surface area contributed by atoms with E-state index >= 15 is 0 Å². The van der Waals surface area contributed by atoms with Crippen molar-refractivity contribution in [3.05, 3.63) is 68.0 Å². The van der Waals surface area contributed by atoms with Gasteiger partial charge in [-0.15, -0.1) is 0 Å². The van der Waals surface area contributed by atoms with Gasteiger partial charge in [0.05, 0.1) is 0 Å². The predicted octanol–water partition coefficient (Wildman–Crippen LogP) is 4.80. The molecule has 6 heteroatoms. The summed E-state index contributed by atoms with van der Waals surface area (Å²) in [4.78, 5) is 24.9. The van der Waals surface area contributed by atoms with Crippen molar-refractivity contribution in [1.82, 2.24) is 9.13 Å².